The second-order valence-electron chi connectivity index (χ2n) is 7.48. The minimum atomic E-state index is 0.0291. The molecule has 3 heteroatoms. The second kappa shape index (κ2) is 5.82. The van der Waals surface area contributed by atoms with Crippen molar-refractivity contribution in [3.8, 4) is 0 Å². The fourth-order valence-corrected chi connectivity index (χ4v) is 3.75. The van der Waals surface area contributed by atoms with Gasteiger partial charge in [-0.25, -0.2) is 0 Å². The van der Waals surface area contributed by atoms with E-state index in [0.29, 0.717) is 12.0 Å². The van der Waals surface area contributed by atoms with Gasteiger partial charge in [0.2, 0.25) is 5.91 Å². The first kappa shape index (κ1) is 14.8. The third-order valence-electron chi connectivity index (χ3n) is 5.33. The SMILES string of the molecule is CC1CCC(N)C(C(=O)NC2CCCCC2(C)C)C1. The zero-order valence-corrected chi connectivity index (χ0v) is 12.7. The maximum atomic E-state index is 12.5. The summed E-state index contributed by atoms with van der Waals surface area (Å²) in [6.07, 6.45) is 7.98. The van der Waals surface area contributed by atoms with Gasteiger partial charge in [0.15, 0.2) is 0 Å². The molecule has 0 aromatic carbocycles. The Morgan fingerprint density at radius 1 is 1.21 bits per heavy atom. The number of hydrogen-bond donors (Lipinski definition) is 2. The van der Waals surface area contributed by atoms with Crippen molar-refractivity contribution in [2.24, 2.45) is 23.0 Å². The highest BCUT2D eigenvalue weighted by molar-refractivity contribution is 5.80. The Bertz CT molecular complexity index is 327. The maximum absolute atomic E-state index is 12.5. The van der Waals surface area contributed by atoms with Crippen LogP contribution in [0.5, 0.6) is 0 Å². The van der Waals surface area contributed by atoms with Crippen LogP contribution in [0.2, 0.25) is 0 Å². The lowest BCUT2D eigenvalue weighted by Crippen LogP contribution is -2.52. The Labute approximate surface area is 117 Å². The van der Waals surface area contributed by atoms with Crippen LogP contribution < -0.4 is 11.1 Å². The highest BCUT2D eigenvalue weighted by atomic mass is 16.2. The average molecular weight is 266 g/mol. The molecule has 0 heterocycles. The molecule has 3 N–H and O–H groups in total. The predicted octanol–water partition coefficient (Wildman–Crippen LogP) is 2.83. The van der Waals surface area contributed by atoms with E-state index >= 15 is 0 Å². The highest BCUT2D eigenvalue weighted by Gasteiger charge is 2.37. The van der Waals surface area contributed by atoms with Crippen LogP contribution >= 0.6 is 0 Å². The molecule has 2 aliphatic rings. The Morgan fingerprint density at radius 2 is 1.95 bits per heavy atom. The smallest absolute Gasteiger partial charge is 0.224 e. The molecule has 1 amide bonds. The van der Waals surface area contributed by atoms with E-state index in [-0.39, 0.29) is 23.3 Å². The fraction of sp³-hybridized carbons (Fsp3) is 0.938. The Morgan fingerprint density at radius 3 is 2.63 bits per heavy atom. The normalized spacial score (nSPS) is 38.7. The van der Waals surface area contributed by atoms with Crippen molar-refractivity contribution in [1.82, 2.24) is 5.32 Å². The van der Waals surface area contributed by atoms with Gasteiger partial charge in [0.05, 0.1) is 5.92 Å². The van der Waals surface area contributed by atoms with Crippen LogP contribution in [0.4, 0.5) is 0 Å². The van der Waals surface area contributed by atoms with Gasteiger partial charge in [-0.2, -0.15) is 0 Å². The van der Waals surface area contributed by atoms with Gasteiger partial charge >= 0.3 is 0 Å². The van der Waals surface area contributed by atoms with Crippen molar-refractivity contribution >= 4 is 5.91 Å². The minimum Gasteiger partial charge on any atom is -0.353 e. The third-order valence-corrected chi connectivity index (χ3v) is 5.33. The quantitative estimate of drug-likeness (QED) is 0.807. The van der Waals surface area contributed by atoms with Crippen molar-refractivity contribution in [3.05, 3.63) is 0 Å². The van der Waals surface area contributed by atoms with Crippen molar-refractivity contribution < 1.29 is 4.79 Å². The number of hydrogen-bond acceptors (Lipinski definition) is 2. The van der Waals surface area contributed by atoms with E-state index in [1.54, 1.807) is 0 Å². The molecule has 0 aromatic rings. The zero-order chi connectivity index (χ0) is 14.0. The molecule has 0 radical (unpaired) electrons. The lowest BCUT2D eigenvalue weighted by Gasteiger charge is -2.41. The lowest BCUT2D eigenvalue weighted by molar-refractivity contribution is -0.129. The Hall–Kier alpha value is -0.570. The summed E-state index contributed by atoms with van der Waals surface area (Å²) in [5.41, 5.74) is 6.39. The molecular weight excluding hydrogens is 236 g/mol. The van der Waals surface area contributed by atoms with E-state index in [2.05, 4.69) is 26.1 Å². The number of amides is 1. The first-order valence-electron chi connectivity index (χ1n) is 7.96. The van der Waals surface area contributed by atoms with Gasteiger partial charge in [-0.3, -0.25) is 4.79 Å². The number of rotatable bonds is 2. The zero-order valence-electron chi connectivity index (χ0n) is 12.7. The first-order valence-corrected chi connectivity index (χ1v) is 7.96. The van der Waals surface area contributed by atoms with Crippen molar-refractivity contribution in [2.75, 3.05) is 0 Å². The summed E-state index contributed by atoms with van der Waals surface area (Å²) in [6, 6.07) is 0.390. The average Bonchev–Trinajstić information content (AvgIpc) is 2.34. The molecule has 3 nitrogen and oxygen atoms in total. The largest absolute Gasteiger partial charge is 0.353 e. The van der Waals surface area contributed by atoms with Crippen molar-refractivity contribution in [2.45, 2.75) is 77.8 Å². The highest BCUT2D eigenvalue weighted by Crippen LogP contribution is 2.36. The third kappa shape index (κ3) is 3.50. The van der Waals surface area contributed by atoms with Gasteiger partial charge in [0.25, 0.3) is 0 Å². The van der Waals surface area contributed by atoms with E-state index in [0.717, 1.165) is 19.3 Å². The molecule has 0 spiro atoms. The minimum absolute atomic E-state index is 0.0291. The number of nitrogens with two attached hydrogens (primary N) is 1. The Balaban J connectivity index is 1.96. The monoisotopic (exact) mass is 266 g/mol. The molecule has 0 aliphatic heterocycles. The van der Waals surface area contributed by atoms with Gasteiger partial charge in [-0.1, -0.05) is 33.6 Å². The van der Waals surface area contributed by atoms with Crippen LogP contribution in [0, 0.1) is 17.3 Å². The molecule has 0 bridgehead atoms. The molecule has 2 aliphatic carbocycles. The van der Waals surface area contributed by atoms with Crippen LogP contribution in [0.3, 0.4) is 0 Å². The molecule has 110 valence electrons. The van der Waals surface area contributed by atoms with Crippen LogP contribution in [-0.4, -0.2) is 18.0 Å². The molecule has 0 aromatic heterocycles. The summed E-state index contributed by atoms with van der Waals surface area (Å²) < 4.78 is 0. The van der Waals surface area contributed by atoms with Gasteiger partial charge in [0.1, 0.15) is 0 Å². The number of carbonyl (C=O) groups excluding carboxylic acids is 1. The lowest BCUT2D eigenvalue weighted by atomic mass is 9.72. The number of carbonyl (C=O) groups is 1. The second-order valence-corrected chi connectivity index (χ2v) is 7.48. The topological polar surface area (TPSA) is 55.1 Å². The summed E-state index contributed by atoms with van der Waals surface area (Å²) in [5, 5.41) is 3.31. The van der Waals surface area contributed by atoms with E-state index in [9.17, 15) is 4.79 Å². The molecule has 2 saturated carbocycles. The molecule has 4 atom stereocenters. The molecule has 19 heavy (non-hydrogen) atoms. The van der Waals surface area contributed by atoms with Gasteiger partial charge in [-0.05, 0) is 43.4 Å². The summed E-state index contributed by atoms with van der Waals surface area (Å²) in [4.78, 5) is 12.5. The van der Waals surface area contributed by atoms with Crippen molar-refractivity contribution in [3.63, 3.8) is 0 Å². The van der Waals surface area contributed by atoms with Crippen LogP contribution in [0.15, 0.2) is 0 Å². The summed E-state index contributed by atoms with van der Waals surface area (Å²) >= 11 is 0. The number of nitrogens with one attached hydrogen (secondary N) is 1. The van der Waals surface area contributed by atoms with E-state index in [4.69, 9.17) is 5.73 Å². The standard InChI is InChI=1S/C16H30N2O/c1-11-7-8-13(17)12(10-11)15(19)18-14-6-4-5-9-16(14,2)3/h11-14H,4-10,17H2,1-3H3,(H,18,19). The van der Waals surface area contributed by atoms with E-state index in [1.807, 2.05) is 0 Å². The molecular formula is C16H30N2O. The fourth-order valence-electron chi connectivity index (χ4n) is 3.75. The summed E-state index contributed by atoms with van der Waals surface area (Å²) in [7, 11) is 0. The molecule has 2 rings (SSSR count). The van der Waals surface area contributed by atoms with Crippen LogP contribution in [0.1, 0.15) is 65.7 Å². The van der Waals surface area contributed by atoms with Gasteiger partial charge in [0, 0.05) is 12.1 Å². The Kier molecular flexibility index (Phi) is 4.54. The van der Waals surface area contributed by atoms with Crippen LogP contribution in [0.25, 0.3) is 0 Å². The predicted molar refractivity (Wildman–Crippen MR) is 78.7 cm³/mol. The van der Waals surface area contributed by atoms with Crippen LogP contribution in [-0.2, 0) is 4.79 Å². The maximum Gasteiger partial charge on any atom is 0.224 e. The first-order chi connectivity index (χ1) is 8.90. The molecule has 0 saturated heterocycles. The summed E-state index contributed by atoms with van der Waals surface area (Å²) in [6.45, 7) is 6.79. The summed E-state index contributed by atoms with van der Waals surface area (Å²) in [5.74, 6) is 0.871. The van der Waals surface area contributed by atoms with E-state index < -0.39 is 0 Å². The van der Waals surface area contributed by atoms with Gasteiger partial charge < -0.3 is 11.1 Å². The molecule has 4 unspecified atom stereocenters. The van der Waals surface area contributed by atoms with Gasteiger partial charge in [-0.15, -0.1) is 0 Å². The van der Waals surface area contributed by atoms with Crippen molar-refractivity contribution in [1.29, 1.82) is 0 Å². The molecule has 2 fully saturated rings. The van der Waals surface area contributed by atoms with E-state index in [1.165, 1.54) is 25.7 Å².